The third kappa shape index (κ3) is 2.97. The number of rotatable bonds is 3. The number of carbonyl (C=O) groups is 1. The van der Waals surface area contributed by atoms with Crippen molar-refractivity contribution in [1.29, 1.82) is 0 Å². The SMILES string of the molecule is CCn1ncc2c(C(=O)N3CCNC(C)C3)cc(-c3ccccc3)nc21. The average Bonchev–Trinajstić information content (AvgIpc) is 3.10. The Hall–Kier alpha value is -2.73. The van der Waals surface area contributed by atoms with Crippen molar-refractivity contribution in [2.24, 2.45) is 0 Å². The van der Waals surface area contributed by atoms with Crippen LogP contribution in [0.15, 0.2) is 42.6 Å². The average molecular weight is 349 g/mol. The normalized spacial score (nSPS) is 17.6. The van der Waals surface area contributed by atoms with Crippen molar-refractivity contribution in [1.82, 2.24) is 25.0 Å². The number of hydrogen-bond acceptors (Lipinski definition) is 4. The first-order valence-corrected chi connectivity index (χ1v) is 9.12. The molecule has 1 unspecified atom stereocenters. The van der Waals surface area contributed by atoms with Gasteiger partial charge in [0.2, 0.25) is 0 Å². The van der Waals surface area contributed by atoms with Crippen LogP contribution < -0.4 is 5.32 Å². The number of hydrogen-bond donors (Lipinski definition) is 1. The summed E-state index contributed by atoms with van der Waals surface area (Å²) in [6.45, 7) is 7.10. The molecule has 6 nitrogen and oxygen atoms in total. The summed E-state index contributed by atoms with van der Waals surface area (Å²) in [6, 6.07) is 12.2. The minimum atomic E-state index is 0.0542. The molecule has 134 valence electrons. The van der Waals surface area contributed by atoms with E-state index in [1.54, 1.807) is 6.20 Å². The van der Waals surface area contributed by atoms with Crippen molar-refractivity contribution in [2.45, 2.75) is 26.4 Å². The summed E-state index contributed by atoms with van der Waals surface area (Å²) in [5.74, 6) is 0.0542. The minimum Gasteiger partial charge on any atom is -0.336 e. The monoisotopic (exact) mass is 349 g/mol. The van der Waals surface area contributed by atoms with E-state index >= 15 is 0 Å². The second-order valence-electron chi connectivity index (χ2n) is 6.73. The van der Waals surface area contributed by atoms with E-state index in [-0.39, 0.29) is 5.91 Å². The smallest absolute Gasteiger partial charge is 0.254 e. The van der Waals surface area contributed by atoms with Crippen LogP contribution in [0.4, 0.5) is 0 Å². The number of aryl methyl sites for hydroxylation is 1. The minimum absolute atomic E-state index is 0.0542. The van der Waals surface area contributed by atoms with Crippen LogP contribution in [0.2, 0.25) is 0 Å². The van der Waals surface area contributed by atoms with Crippen molar-refractivity contribution in [3.05, 3.63) is 48.2 Å². The molecule has 3 aromatic rings. The second-order valence-corrected chi connectivity index (χ2v) is 6.73. The number of nitrogens with zero attached hydrogens (tertiary/aromatic N) is 4. The molecule has 0 radical (unpaired) electrons. The summed E-state index contributed by atoms with van der Waals surface area (Å²) in [4.78, 5) is 20.0. The zero-order valence-corrected chi connectivity index (χ0v) is 15.1. The Kier molecular flexibility index (Phi) is 4.42. The molecule has 0 bridgehead atoms. The summed E-state index contributed by atoms with van der Waals surface area (Å²) in [5, 5.41) is 8.63. The van der Waals surface area contributed by atoms with Crippen LogP contribution in [0.3, 0.4) is 0 Å². The van der Waals surface area contributed by atoms with Gasteiger partial charge in [-0.3, -0.25) is 4.79 Å². The summed E-state index contributed by atoms with van der Waals surface area (Å²) in [7, 11) is 0. The highest BCUT2D eigenvalue weighted by Crippen LogP contribution is 2.26. The van der Waals surface area contributed by atoms with Gasteiger partial charge in [0.15, 0.2) is 5.65 Å². The summed E-state index contributed by atoms with van der Waals surface area (Å²) in [5.41, 5.74) is 3.25. The number of piperazine rings is 1. The zero-order valence-electron chi connectivity index (χ0n) is 15.1. The molecule has 26 heavy (non-hydrogen) atoms. The van der Waals surface area contributed by atoms with E-state index < -0.39 is 0 Å². The molecular weight excluding hydrogens is 326 g/mol. The molecule has 1 aliphatic heterocycles. The van der Waals surface area contributed by atoms with E-state index in [2.05, 4.69) is 17.3 Å². The molecule has 1 saturated heterocycles. The van der Waals surface area contributed by atoms with Crippen LogP contribution in [0, 0.1) is 0 Å². The first-order valence-electron chi connectivity index (χ1n) is 9.12. The summed E-state index contributed by atoms with van der Waals surface area (Å²) < 4.78 is 1.85. The van der Waals surface area contributed by atoms with Crippen molar-refractivity contribution >= 4 is 16.9 Å². The number of carbonyl (C=O) groups excluding carboxylic acids is 1. The zero-order chi connectivity index (χ0) is 18.1. The van der Waals surface area contributed by atoms with Gasteiger partial charge in [-0.2, -0.15) is 5.10 Å². The Bertz CT molecular complexity index is 934. The van der Waals surface area contributed by atoms with E-state index in [9.17, 15) is 4.79 Å². The maximum Gasteiger partial charge on any atom is 0.254 e. The van der Waals surface area contributed by atoms with Gasteiger partial charge in [0.1, 0.15) is 0 Å². The van der Waals surface area contributed by atoms with Crippen molar-refractivity contribution < 1.29 is 4.79 Å². The molecule has 1 amide bonds. The topological polar surface area (TPSA) is 63.1 Å². The fourth-order valence-electron chi connectivity index (χ4n) is 3.50. The molecule has 0 saturated carbocycles. The lowest BCUT2D eigenvalue weighted by molar-refractivity contribution is 0.0711. The molecule has 1 fully saturated rings. The van der Waals surface area contributed by atoms with Crippen LogP contribution in [-0.2, 0) is 6.54 Å². The highest BCUT2D eigenvalue weighted by atomic mass is 16.2. The molecule has 1 aliphatic rings. The largest absolute Gasteiger partial charge is 0.336 e. The molecule has 0 spiro atoms. The van der Waals surface area contributed by atoms with Gasteiger partial charge in [-0.25, -0.2) is 9.67 Å². The quantitative estimate of drug-likeness (QED) is 0.789. The molecule has 2 aromatic heterocycles. The number of pyridine rings is 1. The van der Waals surface area contributed by atoms with Crippen LogP contribution >= 0.6 is 0 Å². The predicted octanol–water partition coefficient (Wildman–Crippen LogP) is 2.55. The number of benzene rings is 1. The predicted molar refractivity (Wildman–Crippen MR) is 102 cm³/mol. The molecule has 3 heterocycles. The van der Waals surface area contributed by atoms with E-state index in [1.807, 2.05) is 52.9 Å². The van der Waals surface area contributed by atoms with Crippen molar-refractivity contribution in [3.63, 3.8) is 0 Å². The lowest BCUT2D eigenvalue weighted by atomic mass is 10.1. The molecule has 1 N–H and O–H groups in total. The summed E-state index contributed by atoms with van der Waals surface area (Å²) in [6.07, 6.45) is 1.76. The fraction of sp³-hybridized carbons (Fsp3) is 0.350. The number of nitrogens with one attached hydrogen (secondary N) is 1. The maximum absolute atomic E-state index is 13.3. The van der Waals surface area contributed by atoms with Gasteiger partial charge >= 0.3 is 0 Å². The third-order valence-corrected chi connectivity index (χ3v) is 4.86. The molecule has 4 rings (SSSR count). The van der Waals surface area contributed by atoms with E-state index in [1.165, 1.54) is 0 Å². The number of aromatic nitrogens is 3. The number of fused-ring (bicyclic) bond motifs is 1. The van der Waals surface area contributed by atoms with E-state index in [0.29, 0.717) is 24.7 Å². The third-order valence-electron chi connectivity index (χ3n) is 4.86. The van der Waals surface area contributed by atoms with E-state index in [4.69, 9.17) is 4.98 Å². The fourth-order valence-corrected chi connectivity index (χ4v) is 3.50. The lowest BCUT2D eigenvalue weighted by Crippen LogP contribution is -2.51. The maximum atomic E-state index is 13.3. The van der Waals surface area contributed by atoms with Crippen LogP contribution in [0.5, 0.6) is 0 Å². The lowest BCUT2D eigenvalue weighted by Gasteiger charge is -2.32. The van der Waals surface area contributed by atoms with Crippen molar-refractivity contribution in [2.75, 3.05) is 19.6 Å². The summed E-state index contributed by atoms with van der Waals surface area (Å²) >= 11 is 0. The van der Waals surface area contributed by atoms with Gasteiger partial charge in [-0.1, -0.05) is 30.3 Å². The standard InChI is InChI=1S/C20H23N5O/c1-3-25-19-17(12-22-25)16(20(26)24-10-9-21-14(2)13-24)11-18(23-19)15-7-5-4-6-8-15/h4-8,11-12,14,21H,3,9-10,13H2,1-2H3. The van der Waals surface area contributed by atoms with Gasteiger partial charge in [-0.05, 0) is 19.9 Å². The molecule has 1 atom stereocenters. The Balaban J connectivity index is 1.84. The van der Waals surface area contributed by atoms with Gasteiger partial charge in [0.05, 0.1) is 22.8 Å². The van der Waals surface area contributed by atoms with Crippen LogP contribution in [-0.4, -0.2) is 51.2 Å². The molecule has 6 heteroatoms. The Morgan fingerprint density at radius 3 is 2.85 bits per heavy atom. The Labute approximate surface area is 152 Å². The van der Waals surface area contributed by atoms with E-state index in [0.717, 1.165) is 35.4 Å². The van der Waals surface area contributed by atoms with Crippen LogP contribution in [0.1, 0.15) is 24.2 Å². The highest BCUT2D eigenvalue weighted by Gasteiger charge is 2.25. The second kappa shape index (κ2) is 6.88. The van der Waals surface area contributed by atoms with Gasteiger partial charge in [0, 0.05) is 37.8 Å². The van der Waals surface area contributed by atoms with Crippen LogP contribution in [0.25, 0.3) is 22.3 Å². The first-order chi connectivity index (χ1) is 12.7. The Morgan fingerprint density at radius 1 is 1.31 bits per heavy atom. The first kappa shape index (κ1) is 16.7. The Morgan fingerprint density at radius 2 is 2.12 bits per heavy atom. The molecule has 1 aromatic carbocycles. The molecular formula is C20H23N5O. The molecule has 0 aliphatic carbocycles. The van der Waals surface area contributed by atoms with Gasteiger partial charge in [0.25, 0.3) is 5.91 Å². The van der Waals surface area contributed by atoms with Gasteiger partial charge in [-0.15, -0.1) is 0 Å². The van der Waals surface area contributed by atoms with Gasteiger partial charge < -0.3 is 10.2 Å². The highest BCUT2D eigenvalue weighted by molar-refractivity contribution is 6.06. The number of amides is 1. The van der Waals surface area contributed by atoms with Crippen molar-refractivity contribution in [3.8, 4) is 11.3 Å².